The van der Waals surface area contributed by atoms with Gasteiger partial charge in [0.25, 0.3) is 0 Å². The van der Waals surface area contributed by atoms with Crippen molar-refractivity contribution in [2.24, 2.45) is 11.7 Å². The van der Waals surface area contributed by atoms with Crippen LogP contribution in [0.4, 0.5) is 11.4 Å². The Bertz CT molecular complexity index is 374. The van der Waals surface area contributed by atoms with E-state index in [2.05, 4.69) is 4.90 Å². The van der Waals surface area contributed by atoms with Crippen molar-refractivity contribution in [3.8, 4) is 0 Å². The molecule has 1 heterocycles. The summed E-state index contributed by atoms with van der Waals surface area (Å²) < 4.78 is 0. The Morgan fingerprint density at radius 3 is 2.62 bits per heavy atom. The van der Waals surface area contributed by atoms with E-state index in [4.69, 9.17) is 11.5 Å². The molecule has 1 atom stereocenters. The van der Waals surface area contributed by atoms with Gasteiger partial charge in [-0.3, -0.25) is 4.79 Å². The number of nitrogens with two attached hydrogens (primary N) is 2. The van der Waals surface area contributed by atoms with E-state index in [1.807, 2.05) is 24.3 Å². The fraction of sp³-hybridized carbons (Fsp3) is 0.417. The molecular formula is C12H17N3O. The highest BCUT2D eigenvalue weighted by Crippen LogP contribution is 2.23. The maximum atomic E-state index is 11.2. The van der Waals surface area contributed by atoms with Crippen LogP contribution in [-0.2, 0) is 4.79 Å². The van der Waals surface area contributed by atoms with Crippen molar-refractivity contribution >= 4 is 17.3 Å². The van der Waals surface area contributed by atoms with Gasteiger partial charge >= 0.3 is 0 Å². The highest BCUT2D eigenvalue weighted by atomic mass is 16.1. The van der Waals surface area contributed by atoms with Crippen molar-refractivity contribution < 1.29 is 4.79 Å². The van der Waals surface area contributed by atoms with Gasteiger partial charge < -0.3 is 16.4 Å². The summed E-state index contributed by atoms with van der Waals surface area (Å²) in [6.45, 7) is 1.70. The molecule has 2 rings (SSSR count). The lowest BCUT2D eigenvalue weighted by molar-refractivity contribution is -0.122. The minimum atomic E-state index is -0.194. The number of amides is 1. The third kappa shape index (κ3) is 2.27. The molecule has 1 fully saturated rings. The van der Waals surface area contributed by atoms with E-state index in [-0.39, 0.29) is 11.8 Å². The topological polar surface area (TPSA) is 72.4 Å². The van der Waals surface area contributed by atoms with Crippen molar-refractivity contribution in [2.45, 2.75) is 12.8 Å². The maximum Gasteiger partial charge on any atom is 0.222 e. The minimum absolute atomic E-state index is 0.0219. The predicted molar refractivity (Wildman–Crippen MR) is 65.0 cm³/mol. The van der Waals surface area contributed by atoms with Crippen LogP contribution in [0, 0.1) is 5.92 Å². The smallest absolute Gasteiger partial charge is 0.222 e. The molecular weight excluding hydrogens is 202 g/mol. The average Bonchev–Trinajstić information content (AvgIpc) is 2.30. The number of hydrogen-bond donors (Lipinski definition) is 2. The molecule has 0 aromatic heterocycles. The SMILES string of the molecule is NC(=O)[C@@H]1CCCN(c2ccc(N)cc2)C1. The first kappa shape index (κ1) is 10.8. The summed E-state index contributed by atoms with van der Waals surface area (Å²) in [7, 11) is 0. The summed E-state index contributed by atoms with van der Waals surface area (Å²) in [6.07, 6.45) is 1.92. The quantitative estimate of drug-likeness (QED) is 0.728. The van der Waals surface area contributed by atoms with E-state index in [1.165, 1.54) is 0 Å². The molecule has 4 nitrogen and oxygen atoms in total. The lowest BCUT2D eigenvalue weighted by Gasteiger charge is -2.33. The fourth-order valence-electron chi connectivity index (χ4n) is 2.13. The van der Waals surface area contributed by atoms with Gasteiger partial charge in [0.05, 0.1) is 5.92 Å². The van der Waals surface area contributed by atoms with Gasteiger partial charge in [0.1, 0.15) is 0 Å². The third-order valence-corrected chi connectivity index (χ3v) is 3.08. The van der Waals surface area contributed by atoms with Crippen molar-refractivity contribution in [1.29, 1.82) is 0 Å². The second kappa shape index (κ2) is 4.43. The molecule has 0 spiro atoms. The Kier molecular flexibility index (Phi) is 2.99. The lowest BCUT2D eigenvalue weighted by Crippen LogP contribution is -2.41. The van der Waals surface area contributed by atoms with Gasteiger partial charge in [-0.15, -0.1) is 0 Å². The number of benzene rings is 1. The van der Waals surface area contributed by atoms with Crippen molar-refractivity contribution in [1.82, 2.24) is 0 Å². The summed E-state index contributed by atoms with van der Waals surface area (Å²) in [5.41, 5.74) is 12.9. The molecule has 4 N–H and O–H groups in total. The van der Waals surface area contributed by atoms with Crippen LogP contribution in [0.3, 0.4) is 0 Å². The Balaban J connectivity index is 2.09. The van der Waals surface area contributed by atoms with Gasteiger partial charge in [0, 0.05) is 24.5 Å². The molecule has 1 aliphatic heterocycles. The number of piperidine rings is 1. The second-order valence-electron chi connectivity index (χ2n) is 4.28. The summed E-state index contributed by atoms with van der Waals surface area (Å²) >= 11 is 0. The largest absolute Gasteiger partial charge is 0.399 e. The molecule has 4 heteroatoms. The number of rotatable bonds is 2. The number of anilines is 2. The molecule has 1 aliphatic rings. The van der Waals surface area contributed by atoms with Crippen LogP contribution in [0.2, 0.25) is 0 Å². The van der Waals surface area contributed by atoms with Crippen molar-refractivity contribution in [3.63, 3.8) is 0 Å². The summed E-state index contributed by atoms with van der Waals surface area (Å²) in [4.78, 5) is 13.4. The van der Waals surface area contributed by atoms with E-state index >= 15 is 0 Å². The standard InChI is InChI=1S/C12H17N3O/c13-10-3-5-11(6-4-10)15-7-1-2-9(8-15)12(14)16/h3-6,9H,1-2,7-8,13H2,(H2,14,16)/t9-/m1/s1. The third-order valence-electron chi connectivity index (χ3n) is 3.08. The second-order valence-corrected chi connectivity index (χ2v) is 4.28. The molecule has 0 aliphatic carbocycles. The first-order chi connectivity index (χ1) is 7.66. The van der Waals surface area contributed by atoms with Gasteiger partial charge in [-0.2, -0.15) is 0 Å². The van der Waals surface area contributed by atoms with Crippen LogP contribution in [-0.4, -0.2) is 19.0 Å². The molecule has 0 bridgehead atoms. The van der Waals surface area contributed by atoms with E-state index in [1.54, 1.807) is 0 Å². The van der Waals surface area contributed by atoms with E-state index in [0.29, 0.717) is 0 Å². The zero-order valence-corrected chi connectivity index (χ0v) is 9.23. The van der Waals surface area contributed by atoms with E-state index in [9.17, 15) is 4.79 Å². The summed E-state index contributed by atoms with van der Waals surface area (Å²) in [6, 6.07) is 7.73. The number of primary amides is 1. The maximum absolute atomic E-state index is 11.2. The van der Waals surface area contributed by atoms with E-state index < -0.39 is 0 Å². The Labute approximate surface area is 95.2 Å². The predicted octanol–water partition coefficient (Wildman–Crippen LogP) is 0.970. The van der Waals surface area contributed by atoms with Crippen LogP contribution < -0.4 is 16.4 Å². The Hall–Kier alpha value is -1.71. The molecule has 1 amide bonds. The normalized spacial score (nSPS) is 20.8. The van der Waals surface area contributed by atoms with Crippen LogP contribution in [0.25, 0.3) is 0 Å². The number of nitrogen functional groups attached to an aromatic ring is 1. The number of hydrogen-bond acceptors (Lipinski definition) is 3. The number of carbonyl (C=O) groups excluding carboxylic acids is 1. The highest BCUT2D eigenvalue weighted by Gasteiger charge is 2.23. The fourth-order valence-corrected chi connectivity index (χ4v) is 2.13. The van der Waals surface area contributed by atoms with Gasteiger partial charge in [0.15, 0.2) is 0 Å². The van der Waals surface area contributed by atoms with Crippen LogP contribution in [0.15, 0.2) is 24.3 Å². The molecule has 0 radical (unpaired) electrons. The van der Waals surface area contributed by atoms with Crippen LogP contribution >= 0.6 is 0 Å². The number of nitrogens with zero attached hydrogens (tertiary/aromatic N) is 1. The summed E-state index contributed by atoms with van der Waals surface area (Å²) in [5, 5.41) is 0. The first-order valence-electron chi connectivity index (χ1n) is 5.56. The van der Waals surface area contributed by atoms with Crippen molar-refractivity contribution in [3.05, 3.63) is 24.3 Å². The minimum Gasteiger partial charge on any atom is -0.399 e. The number of carbonyl (C=O) groups is 1. The van der Waals surface area contributed by atoms with Gasteiger partial charge in [0.2, 0.25) is 5.91 Å². The molecule has 0 unspecified atom stereocenters. The molecule has 1 saturated heterocycles. The highest BCUT2D eigenvalue weighted by molar-refractivity contribution is 5.77. The monoisotopic (exact) mass is 219 g/mol. The zero-order chi connectivity index (χ0) is 11.5. The van der Waals surface area contributed by atoms with Gasteiger partial charge in [-0.25, -0.2) is 0 Å². The zero-order valence-electron chi connectivity index (χ0n) is 9.23. The molecule has 0 saturated carbocycles. The molecule has 1 aromatic carbocycles. The molecule has 1 aromatic rings. The molecule has 86 valence electrons. The Morgan fingerprint density at radius 2 is 2.00 bits per heavy atom. The summed E-state index contributed by atoms with van der Waals surface area (Å²) in [5.74, 6) is -0.216. The van der Waals surface area contributed by atoms with Gasteiger partial charge in [-0.05, 0) is 37.1 Å². The van der Waals surface area contributed by atoms with Crippen LogP contribution in [0.1, 0.15) is 12.8 Å². The first-order valence-corrected chi connectivity index (χ1v) is 5.56. The lowest BCUT2D eigenvalue weighted by atomic mass is 9.97. The van der Waals surface area contributed by atoms with Crippen molar-refractivity contribution in [2.75, 3.05) is 23.7 Å². The van der Waals surface area contributed by atoms with Gasteiger partial charge in [-0.1, -0.05) is 0 Å². The van der Waals surface area contributed by atoms with E-state index in [0.717, 1.165) is 37.3 Å². The van der Waals surface area contributed by atoms with Crippen LogP contribution in [0.5, 0.6) is 0 Å². The molecule has 16 heavy (non-hydrogen) atoms. The average molecular weight is 219 g/mol. The Morgan fingerprint density at radius 1 is 1.31 bits per heavy atom.